The van der Waals surface area contributed by atoms with Gasteiger partial charge >= 0.3 is 12.1 Å². The molecule has 0 unspecified atom stereocenters. The zero-order valence-electron chi connectivity index (χ0n) is 23.9. The highest BCUT2D eigenvalue weighted by Crippen LogP contribution is 2.40. The third kappa shape index (κ3) is 8.52. The Kier molecular flexibility index (Phi) is 11.8. The van der Waals surface area contributed by atoms with Gasteiger partial charge in [0.1, 0.15) is 39.4 Å². The summed E-state index contributed by atoms with van der Waals surface area (Å²) in [6.07, 6.45) is 3.38. The van der Waals surface area contributed by atoms with Crippen molar-refractivity contribution in [3.05, 3.63) is 51.9 Å². The third-order valence-electron chi connectivity index (χ3n) is 5.97. The molecule has 1 fully saturated rings. The van der Waals surface area contributed by atoms with Crippen LogP contribution in [0.25, 0.3) is 0 Å². The molecular formula is C26H32Cl2N7O7S2+. The van der Waals surface area contributed by atoms with E-state index >= 15 is 0 Å². The number of nitrogens with zero attached hydrogens (tertiary/aromatic N) is 4. The van der Waals surface area contributed by atoms with Gasteiger partial charge in [-0.05, 0) is 20.8 Å². The Labute approximate surface area is 272 Å². The number of carboxylic acid groups (broad SMARTS) is 1. The van der Waals surface area contributed by atoms with Crippen LogP contribution in [0.3, 0.4) is 0 Å². The summed E-state index contributed by atoms with van der Waals surface area (Å²) in [5.41, 5.74) is 5.28. The fourth-order valence-electron chi connectivity index (χ4n) is 4.18. The van der Waals surface area contributed by atoms with Gasteiger partial charge in [0.25, 0.3) is 11.8 Å². The smallest absolute Gasteiger partial charge is 0.407 e. The van der Waals surface area contributed by atoms with Crippen molar-refractivity contribution >= 4 is 81.8 Å². The highest BCUT2D eigenvalue weighted by Gasteiger charge is 2.55. The van der Waals surface area contributed by atoms with Crippen LogP contribution < -0.4 is 20.9 Å². The van der Waals surface area contributed by atoms with Gasteiger partial charge in [-0.3, -0.25) is 14.5 Å². The molecule has 2 atom stereocenters. The first-order chi connectivity index (χ1) is 20.4. The molecule has 2 aromatic rings. The molecule has 5 N–H and O–H groups in total. The molecule has 3 amide bonds. The molecule has 4 rings (SSSR count). The maximum Gasteiger partial charge on any atom is 0.407 e. The van der Waals surface area contributed by atoms with Gasteiger partial charge in [-0.2, -0.15) is 0 Å². The summed E-state index contributed by atoms with van der Waals surface area (Å²) in [7, 11) is 0. The Bertz CT molecular complexity index is 1460. The van der Waals surface area contributed by atoms with E-state index in [2.05, 4.69) is 20.8 Å². The normalized spacial score (nSPS) is 18.0. The van der Waals surface area contributed by atoms with Gasteiger partial charge in [0.2, 0.25) is 0 Å². The number of nitrogens with one attached hydrogen (secondary N) is 2. The number of thioether (sulfide) groups is 1. The molecule has 0 radical (unpaired) electrons. The fourth-order valence-corrected chi connectivity index (χ4v) is 6.45. The number of carbonyl (C=O) groups excluding carboxylic acids is 3. The van der Waals surface area contributed by atoms with Gasteiger partial charge in [0, 0.05) is 36.4 Å². The Morgan fingerprint density at radius 1 is 1.27 bits per heavy atom. The van der Waals surface area contributed by atoms with E-state index in [9.17, 15) is 24.3 Å². The second-order valence-corrected chi connectivity index (χ2v) is 13.1. The van der Waals surface area contributed by atoms with Crippen LogP contribution >= 0.6 is 47.1 Å². The molecular weight excluding hydrogens is 657 g/mol. The number of aliphatic carboxylic acids is 1. The summed E-state index contributed by atoms with van der Waals surface area (Å²) in [5.74, 6) is -2.25. The van der Waals surface area contributed by atoms with Crippen molar-refractivity contribution in [3.63, 3.8) is 0 Å². The molecule has 238 valence electrons. The molecule has 0 aliphatic carbocycles. The number of hydrogen-bond donors (Lipinski definition) is 4. The number of nitrogen functional groups attached to an aromatic ring is 1. The van der Waals surface area contributed by atoms with Gasteiger partial charge in [-0.15, -0.1) is 24.2 Å². The Hall–Kier alpha value is -3.60. The van der Waals surface area contributed by atoms with Crippen molar-refractivity contribution < 1.29 is 38.4 Å². The first kappa shape index (κ1) is 34.9. The largest absolute Gasteiger partial charge is 0.477 e. The van der Waals surface area contributed by atoms with Crippen LogP contribution in [0.2, 0.25) is 4.34 Å². The lowest BCUT2D eigenvalue weighted by Crippen LogP contribution is -2.71. The number of β-lactam (4-membered cyclic amide) rings is 1. The van der Waals surface area contributed by atoms with E-state index in [1.807, 2.05) is 22.8 Å². The van der Waals surface area contributed by atoms with Crippen molar-refractivity contribution in [2.45, 2.75) is 50.8 Å². The summed E-state index contributed by atoms with van der Waals surface area (Å²) in [4.78, 5) is 61.1. The summed E-state index contributed by atoms with van der Waals surface area (Å²) < 4.78 is 7.08. The third-order valence-corrected chi connectivity index (χ3v) is 8.39. The van der Waals surface area contributed by atoms with Gasteiger partial charge in [0.05, 0.1) is 0 Å². The van der Waals surface area contributed by atoms with Crippen molar-refractivity contribution in [1.29, 1.82) is 0 Å². The number of hydrogen-bond acceptors (Lipinski definition) is 11. The first-order valence-corrected chi connectivity index (χ1v) is 15.3. The molecule has 44 heavy (non-hydrogen) atoms. The lowest BCUT2D eigenvalue weighted by Gasteiger charge is -2.49. The van der Waals surface area contributed by atoms with E-state index in [0.717, 1.165) is 11.3 Å². The van der Waals surface area contributed by atoms with E-state index in [1.54, 1.807) is 33.2 Å². The predicted molar refractivity (Wildman–Crippen MR) is 166 cm³/mol. The number of fused-ring (bicyclic) bond motifs is 1. The molecule has 0 spiro atoms. The molecule has 4 heterocycles. The second-order valence-electron chi connectivity index (χ2n) is 10.4. The molecule has 1 saturated heterocycles. The van der Waals surface area contributed by atoms with Crippen LogP contribution in [0.15, 0.2) is 47.0 Å². The van der Waals surface area contributed by atoms with Crippen LogP contribution in [0.1, 0.15) is 32.9 Å². The minimum atomic E-state index is -1.23. The lowest BCUT2D eigenvalue weighted by atomic mass is 10.0. The summed E-state index contributed by atoms with van der Waals surface area (Å²) in [6.45, 7) is 5.80. The molecule has 18 heteroatoms. The lowest BCUT2D eigenvalue weighted by molar-refractivity contribution is -0.689. The average Bonchev–Trinajstić information content (AvgIpc) is 3.27. The fraction of sp³-hybridized carbons (Fsp3) is 0.423. The maximum atomic E-state index is 13.3. The van der Waals surface area contributed by atoms with Crippen molar-refractivity contribution in [2.75, 3.05) is 24.6 Å². The minimum Gasteiger partial charge on any atom is -0.477 e. The van der Waals surface area contributed by atoms with Crippen LogP contribution in [0, 0.1) is 0 Å². The highest BCUT2D eigenvalue weighted by molar-refractivity contribution is 8.00. The Morgan fingerprint density at radius 2 is 1.98 bits per heavy atom. The number of carboxylic acids is 1. The van der Waals surface area contributed by atoms with Crippen LogP contribution in [-0.2, 0) is 30.5 Å². The number of carbonyl (C=O) groups is 4. The number of rotatable bonds is 11. The van der Waals surface area contributed by atoms with Crippen molar-refractivity contribution in [1.82, 2.24) is 20.5 Å². The van der Waals surface area contributed by atoms with E-state index < -0.39 is 40.9 Å². The molecule has 14 nitrogen and oxygen atoms in total. The average molecular weight is 690 g/mol. The summed E-state index contributed by atoms with van der Waals surface area (Å²) in [6, 6.07) is 4.48. The van der Waals surface area contributed by atoms with Crippen LogP contribution in [-0.4, -0.2) is 80.5 Å². The summed E-state index contributed by atoms with van der Waals surface area (Å²) in [5, 5.41) is 18.5. The number of halogens is 2. The SMILES string of the molecule is CC(C)(C)OC(=O)NCCCO/N=C(\C(=O)N[C@@H]1C(=O)N2C(C(=O)O)=C(C[n+]3ccccc3)CS[C@H]12)c1nc(N)sc1Cl.Cl. The quantitative estimate of drug-likeness (QED) is 0.0895. The Morgan fingerprint density at radius 3 is 2.59 bits per heavy atom. The van der Waals surface area contributed by atoms with Crippen molar-refractivity contribution in [3.8, 4) is 0 Å². The molecule has 0 aromatic carbocycles. The standard InChI is InChI=1S/C26H30ClN7O7S2.ClH/c1-26(2,3)41-25(39)29-8-7-11-40-32-16(15-19(27)43-24(28)31-15)20(35)30-17-21(36)34-18(23(37)38)14(13-42-22(17)34)12-33-9-5-4-6-10-33;/h4-6,9-10,17,22H,7-8,11-13H2,1-3H3,(H4-,28,29,30,31,35,37,38,39);1H/p+1/b32-16-;/t17-,22-;/m1./s1. The van der Waals surface area contributed by atoms with Crippen molar-refractivity contribution in [2.24, 2.45) is 5.16 Å². The van der Waals surface area contributed by atoms with Gasteiger partial charge in [-0.1, -0.05) is 34.2 Å². The number of thiazole rings is 1. The monoisotopic (exact) mass is 688 g/mol. The number of aromatic nitrogens is 2. The number of alkyl carbamates (subject to hydrolysis) is 1. The number of oxime groups is 1. The zero-order valence-corrected chi connectivity index (χ0v) is 27.1. The molecule has 0 bridgehead atoms. The topological polar surface area (TPSA) is 189 Å². The van der Waals surface area contributed by atoms with E-state index in [-0.39, 0.29) is 52.1 Å². The van der Waals surface area contributed by atoms with Crippen LogP contribution in [0.4, 0.5) is 9.93 Å². The number of pyridine rings is 1. The van der Waals surface area contributed by atoms with Gasteiger partial charge in [0.15, 0.2) is 29.8 Å². The van der Waals surface area contributed by atoms with Crippen LogP contribution in [0.5, 0.6) is 0 Å². The Balaban J connectivity index is 0.00000529. The minimum absolute atomic E-state index is 0. The number of amides is 3. The molecule has 2 aromatic heterocycles. The van der Waals surface area contributed by atoms with Gasteiger partial charge in [-0.25, -0.2) is 19.1 Å². The number of anilines is 1. The maximum absolute atomic E-state index is 13.3. The zero-order chi connectivity index (χ0) is 31.3. The molecule has 0 saturated carbocycles. The van der Waals surface area contributed by atoms with E-state index in [1.165, 1.54) is 16.7 Å². The van der Waals surface area contributed by atoms with Gasteiger partial charge < -0.3 is 31.0 Å². The second kappa shape index (κ2) is 14.9. The highest BCUT2D eigenvalue weighted by atomic mass is 35.5. The van der Waals surface area contributed by atoms with E-state index in [0.29, 0.717) is 24.3 Å². The predicted octanol–water partition coefficient (Wildman–Crippen LogP) is 2.16. The molecule has 2 aliphatic rings. The number of nitrogens with two attached hydrogens (primary N) is 1. The first-order valence-electron chi connectivity index (χ1n) is 13.1. The molecule has 2 aliphatic heterocycles. The summed E-state index contributed by atoms with van der Waals surface area (Å²) >= 11 is 8.52. The number of ether oxygens (including phenoxy) is 1. The van der Waals surface area contributed by atoms with E-state index in [4.69, 9.17) is 26.9 Å².